The second kappa shape index (κ2) is 8.39. The van der Waals surface area contributed by atoms with Crippen LogP contribution in [0.5, 0.6) is 0 Å². The van der Waals surface area contributed by atoms with Gasteiger partial charge in [0.15, 0.2) is 0 Å². The van der Waals surface area contributed by atoms with Crippen LogP contribution in [0.1, 0.15) is 39.2 Å². The monoisotopic (exact) mass is 382 g/mol. The number of sulfonamides is 1. The lowest BCUT2D eigenvalue weighted by atomic mass is 9.97. The van der Waals surface area contributed by atoms with Gasteiger partial charge in [0.1, 0.15) is 5.60 Å². The topological polar surface area (TPSA) is 66.9 Å². The Hall–Kier alpha value is -1.60. The summed E-state index contributed by atoms with van der Waals surface area (Å²) in [5.74, 6) is 0.269. The maximum absolute atomic E-state index is 12.5. The normalized spacial score (nSPS) is 16.7. The Morgan fingerprint density at radius 1 is 1.19 bits per heavy atom. The molecule has 1 aliphatic rings. The van der Waals surface area contributed by atoms with Crippen molar-refractivity contribution in [2.45, 2.75) is 45.0 Å². The van der Waals surface area contributed by atoms with Crippen molar-refractivity contribution in [2.24, 2.45) is 5.92 Å². The first-order valence-electron chi connectivity index (χ1n) is 9.03. The SMILES string of the molecule is CN(CC1CCN(C(=O)OC(C)(C)C)CC1)S(=O)(=O)Cc1ccccc1. The van der Waals surface area contributed by atoms with Crippen molar-refractivity contribution >= 4 is 16.1 Å². The summed E-state index contributed by atoms with van der Waals surface area (Å²) in [5, 5.41) is 0. The molecular formula is C19H30N2O4S. The predicted octanol–water partition coefficient (Wildman–Crippen LogP) is 3.10. The molecule has 6 nitrogen and oxygen atoms in total. The minimum Gasteiger partial charge on any atom is -0.444 e. The molecule has 0 atom stereocenters. The summed E-state index contributed by atoms with van der Waals surface area (Å²) in [6, 6.07) is 9.21. The minimum absolute atomic E-state index is 0.0150. The molecule has 0 aromatic heterocycles. The van der Waals surface area contributed by atoms with Crippen LogP contribution in [0.15, 0.2) is 30.3 Å². The van der Waals surface area contributed by atoms with Gasteiger partial charge in [0, 0.05) is 26.7 Å². The Labute approximate surface area is 157 Å². The van der Waals surface area contributed by atoms with E-state index in [9.17, 15) is 13.2 Å². The van der Waals surface area contributed by atoms with Crippen LogP contribution >= 0.6 is 0 Å². The number of likely N-dealkylation sites (tertiary alicyclic amines) is 1. The molecular weight excluding hydrogens is 352 g/mol. The Balaban J connectivity index is 1.84. The summed E-state index contributed by atoms with van der Waals surface area (Å²) in [4.78, 5) is 13.8. The summed E-state index contributed by atoms with van der Waals surface area (Å²) in [5.41, 5.74) is 0.290. The first-order chi connectivity index (χ1) is 12.1. The molecule has 1 aromatic rings. The molecule has 0 unspecified atom stereocenters. The van der Waals surface area contributed by atoms with Crippen molar-refractivity contribution in [1.29, 1.82) is 0 Å². The zero-order valence-corrected chi connectivity index (χ0v) is 17.0. The van der Waals surface area contributed by atoms with E-state index < -0.39 is 15.6 Å². The average Bonchev–Trinajstić information content (AvgIpc) is 2.54. The fourth-order valence-electron chi connectivity index (χ4n) is 3.00. The van der Waals surface area contributed by atoms with Gasteiger partial charge in [-0.3, -0.25) is 0 Å². The number of nitrogens with zero attached hydrogens (tertiary/aromatic N) is 2. The number of hydrogen-bond acceptors (Lipinski definition) is 4. The quantitative estimate of drug-likeness (QED) is 0.785. The standard InChI is InChI=1S/C19H30N2O4S/c1-19(2,3)25-18(22)21-12-10-16(11-13-21)14-20(4)26(23,24)15-17-8-6-5-7-9-17/h5-9,16H,10-15H2,1-4H3. The molecule has 1 saturated heterocycles. The Kier molecular flexibility index (Phi) is 6.69. The van der Waals surface area contributed by atoms with E-state index in [0.29, 0.717) is 19.6 Å². The van der Waals surface area contributed by atoms with E-state index >= 15 is 0 Å². The molecule has 0 aliphatic carbocycles. The molecule has 1 aliphatic heterocycles. The van der Waals surface area contributed by atoms with Crippen LogP contribution < -0.4 is 0 Å². The first-order valence-corrected chi connectivity index (χ1v) is 10.6. The van der Waals surface area contributed by atoms with E-state index in [1.54, 1.807) is 11.9 Å². The first kappa shape index (κ1) is 20.7. The third kappa shape index (κ3) is 6.29. The highest BCUT2D eigenvalue weighted by Crippen LogP contribution is 2.22. The van der Waals surface area contributed by atoms with Gasteiger partial charge in [0.05, 0.1) is 5.75 Å². The van der Waals surface area contributed by atoms with Crippen molar-refractivity contribution in [1.82, 2.24) is 9.21 Å². The van der Waals surface area contributed by atoms with E-state index in [4.69, 9.17) is 4.74 Å². The van der Waals surface area contributed by atoms with Crippen molar-refractivity contribution in [2.75, 3.05) is 26.7 Å². The number of rotatable bonds is 5. The molecule has 1 heterocycles. The van der Waals surface area contributed by atoms with Crippen LogP contribution in [0.25, 0.3) is 0 Å². The Bertz CT molecular complexity index is 690. The van der Waals surface area contributed by atoms with Crippen LogP contribution in [0.2, 0.25) is 0 Å². The number of carbonyl (C=O) groups is 1. The summed E-state index contributed by atoms with van der Waals surface area (Å²) in [7, 11) is -1.70. The summed E-state index contributed by atoms with van der Waals surface area (Å²) in [6.07, 6.45) is 1.27. The molecule has 1 amide bonds. The van der Waals surface area contributed by atoms with Gasteiger partial charge in [-0.25, -0.2) is 17.5 Å². The van der Waals surface area contributed by atoms with Crippen molar-refractivity contribution < 1.29 is 17.9 Å². The van der Waals surface area contributed by atoms with Gasteiger partial charge in [0.25, 0.3) is 0 Å². The van der Waals surface area contributed by atoms with E-state index in [-0.39, 0.29) is 17.8 Å². The molecule has 0 bridgehead atoms. The molecule has 1 aromatic carbocycles. The van der Waals surface area contributed by atoms with E-state index in [2.05, 4.69) is 0 Å². The van der Waals surface area contributed by atoms with Gasteiger partial charge in [-0.05, 0) is 45.1 Å². The Morgan fingerprint density at radius 3 is 2.31 bits per heavy atom. The number of carbonyl (C=O) groups excluding carboxylic acids is 1. The van der Waals surface area contributed by atoms with Crippen molar-refractivity contribution in [3.63, 3.8) is 0 Å². The number of piperidine rings is 1. The zero-order valence-electron chi connectivity index (χ0n) is 16.1. The van der Waals surface area contributed by atoms with Crippen LogP contribution in [0.4, 0.5) is 4.79 Å². The third-order valence-corrected chi connectivity index (χ3v) is 6.25. The second-order valence-electron chi connectivity index (χ2n) is 7.93. The lowest BCUT2D eigenvalue weighted by Crippen LogP contribution is -2.44. The highest BCUT2D eigenvalue weighted by Gasteiger charge is 2.29. The van der Waals surface area contributed by atoms with Gasteiger partial charge in [-0.1, -0.05) is 30.3 Å². The van der Waals surface area contributed by atoms with Crippen LogP contribution in [0, 0.1) is 5.92 Å². The van der Waals surface area contributed by atoms with Crippen molar-refractivity contribution in [3.8, 4) is 0 Å². The van der Waals surface area contributed by atoms with Crippen molar-refractivity contribution in [3.05, 3.63) is 35.9 Å². The van der Waals surface area contributed by atoms with Gasteiger partial charge in [-0.2, -0.15) is 0 Å². The highest BCUT2D eigenvalue weighted by molar-refractivity contribution is 7.88. The maximum atomic E-state index is 12.5. The molecule has 26 heavy (non-hydrogen) atoms. The molecule has 2 rings (SSSR count). The van der Waals surface area contributed by atoms with Gasteiger partial charge >= 0.3 is 6.09 Å². The van der Waals surface area contributed by atoms with Gasteiger partial charge < -0.3 is 9.64 Å². The maximum Gasteiger partial charge on any atom is 0.410 e. The molecule has 1 fully saturated rings. The molecule has 0 radical (unpaired) electrons. The number of benzene rings is 1. The van der Waals surface area contributed by atoms with Crippen LogP contribution in [0.3, 0.4) is 0 Å². The fraction of sp³-hybridized carbons (Fsp3) is 0.632. The largest absolute Gasteiger partial charge is 0.444 e. The lowest BCUT2D eigenvalue weighted by Gasteiger charge is -2.34. The number of ether oxygens (including phenoxy) is 1. The van der Waals surface area contributed by atoms with E-state index in [1.807, 2.05) is 51.1 Å². The number of hydrogen-bond donors (Lipinski definition) is 0. The fourth-order valence-corrected chi connectivity index (χ4v) is 4.27. The second-order valence-corrected chi connectivity index (χ2v) is 10.0. The molecule has 7 heteroatoms. The average molecular weight is 383 g/mol. The van der Waals surface area contributed by atoms with Gasteiger partial charge in [0.2, 0.25) is 10.0 Å². The Morgan fingerprint density at radius 2 is 1.77 bits per heavy atom. The third-order valence-electron chi connectivity index (χ3n) is 4.45. The number of amides is 1. The molecule has 0 N–H and O–H groups in total. The summed E-state index contributed by atoms with van der Waals surface area (Å²) < 4.78 is 31.9. The van der Waals surface area contributed by atoms with E-state index in [0.717, 1.165) is 18.4 Å². The molecule has 0 spiro atoms. The highest BCUT2D eigenvalue weighted by atomic mass is 32.2. The van der Waals surface area contributed by atoms with Crippen LogP contribution in [-0.2, 0) is 20.5 Å². The van der Waals surface area contributed by atoms with Gasteiger partial charge in [-0.15, -0.1) is 0 Å². The molecule has 0 saturated carbocycles. The summed E-state index contributed by atoms with van der Waals surface area (Å²) >= 11 is 0. The lowest BCUT2D eigenvalue weighted by molar-refractivity contribution is 0.0179. The molecule has 146 valence electrons. The van der Waals surface area contributed by atoms with Crippen LogP contribution in [-0.4, -0.2) is 56.0 Å². The smallest absolute Gasteiger partial charge is 0.410 e. The zero-order chi connectivity index (χ0) is 19.4. The predicted molar refractivity (Wildman–Crippen MR) is 102 cm³/mol. The minimum atomic E-state index is -3.34. The summed E-state index contributed by atoms with van der Waals surface area (Å²) in [6.45, 7) is 7.24. The van der Waals surface area contributed by atoms with E-state index in [1.165, 1.54) is 4.31 Å².